The first-order valence-electron chi connectivity index (χ1n) is 7.24. The largest absolute Gasteiger partial charge is 0.490 e. The fraction of sp³-hybridized carbons (Fsp3) is 0.235. The van der Waals surface area contributed by atoms with Gasteiger partial charge in [-0.2, -0.15) is 0 Å². The van der Waals surface area contributed by atoms with Crippen molar-refractivity contribution in [3.05, 3.63) is 52.5 Å². The van der Waals surface area contributed by atoms with Crippen molar-refractivity contribution in [2.45, 2.75) is 13.5 Å². The Morgan fingerprint density at radius 2 is 1.87 bits per heavy atom. The van der Waals surface area contributed by atoms with Gasteiger partial charge in [0.15, 0.2) is 18.1 Å². The monoisotopic (exact) mass is 378 g/mol. The standard InChI is InChI=1S/C17H19BrN2O3/c1-2-22-16-9-12(3-8-15(16)23-11-17(19)21)10-20-14-6-4-13(18)5-7-14/h3-9,20H,2,10-11H2,1H3,(H2,19,21). The van der Waals surface area contributed by atoms with Gasteiger partial charge in [-0.05, 0) is 48.9 Å². The third kappa shape index (κ3) is 5.49. The molecule has 0 unspecified atom stereocenters. The molecule has 1 amide bonds. The number of nitrogens with two attached hydrogens (primary N) is 1. The molecule has 0 aliphatic rings. The molecule has 0 heterocycles. The lowest BCUT2D eigenvalue weighted by atomic mass is 10.2. The van der Waals surface area contributed by atoms with Gasteiger partial charge in [0, 0.05) is 16.7 Å². The van der Waals surface area contributed by atoms with E-state index in [1.807, 2.05) is 43.3 Å². The number of carbonyl (C=O) groups excluding carboxylic acids is 1. The van der Waals surface area contributed by atoms with Crippen LogP contribution in [0.4, 0.5) is 5.69 Å². The summed E-state index contributed by atoms with van der Waals surface area (Å²) in [6.45, 7) is 2.88. The van der Waals surface area contributed by atoms with Crippen molar-refractivity contribution in [3.63, 3.8) is 0 Å². The first kappa shape index (κ1) is 17.1. The van der Waals surface area contributed by atoms with Crippen LogP contribution in [0.25, 0.3) is 0 Å². The Balaban J connectivity index is 2.05. The topological polar surface area (TPSA) is 73.6 Å². The van der Waals surface area contributed by atoms with Crippen LogP contribution in [0.1, 0.15) is 12.5 Å². The third-order valence-electron chi connectivity index (χ3n) is 3.02. The van der Waals surface area contributed by atoms with Crippen molar-refractivity contribution in [1.29, 1.82) is 0 Å². The molecule has 2 rings (SSSR count). The number of primary amides is 1. The van der Waals surface area contributed by atoms with Gasteiger partial charge in [0.05, 0.1) is 6.61 Å². The Morgan fingerprint density at radius 1 is 1.13 bits per heavy atom. The molecule has 23 heavy (non-hydrogen) atoms. The van der Waals surface area contributed by atoms with Crippen molar-refractivity contribution >= 4 is 27.5 Å². The number of carbonyl (C=O) groups is 1. The van der Waals surface area contributed by atoms with Crippen LogP contribution in [0, 0.1) is 0 Å². The molecule has 5 nitrogen and oxygen atoms in total. The van der Waals surface area contributed by atoms with Crippen LogP contribution in [0.2, 0.25) is 0 Å². The van der Waals surface area contributed by atoms with Crippen molar-refractivity contribution in [2.24, 2.45) is 5.73 Å². The number of benzene rings is 2. The molecule has 2 aromatic carbocycles. The van der Waals surface area contributed by atoms with E-state index in [2.05, 4.69) is 21.2 Å². The van der Waals surface area contributed by atoms with E-state index < -0.39 is 5.91 Å². The van der Waals surface area contributed by atoms with Gasteiger partial charge in [0.1, 0.15) is 0 Å². The smallest absolute Gasteiger partial charge is 0.255 e. The summed E-state index contributed by atoms with van der Waals surface area (Å²) in [5.41, 5.74) is 7.17. The van der Waals surface area contributed by atoms with Gasteiger partial charge in [-0.3, -0.25) is 4.79 Å². The molecule has 2 aromatic rings. The van der Waals surface area contributed by atoms with E-state index in [0.29, 0.717) is 24.7 Å². The second kappa shape index (κ2) is 8.43. The van der Waals surface area contributed by atoms with E-state index in [4.69, 9.17) is 15.2 Å². The van der Waals surface area contributed by atoms with E-state index in [0.717, 1.165) is 15.7 Å². The Hall–Kier alpha value is -2.21. The van der Waals surface area contributed by atoms with Crippen molar-refractivity contribution in [1.82, 2.24) is 0 Å². The van der Waals surface area contributed by atoms with Crippen LogP contribution >= 0.6 is 15.9 Å². The first-order valence-corrected chi connectivity index (χ1v) is 8.04. The highest BCUT2D eigenvalue weighted by Gasteiger charge is 2.08. The van der Waals surface area contributed by atoms with Gasteiger partial charge in [-0.15, -0.1) is 0 Å². The van der Waals surface area contributed by atoms with Gasteiger partial charge in [-0.1, -0.05) is 22.0 Å². The molecule has 0 atom stereocenters. The van der Waals surface area contributed by atoms with Gasteiger partial charge in [-0.25, -0.2) is 0 Å². The molecule has 0 saturated carbocycles. The molecule has 0 aromatic heterocycles. The molecule has 0 bridgehead atoms. The number of hydrogen-bond donors (Lipinski definition) is 2. The number of anilines is 1. The Kier molecular flexibility index (Phi) is 6.29. The van der Waals surface area contributed by atoms with Gasteiger partial charge in [0.25, 0.3) is 5.91 Å². The molecule has 0 fully saturated rings. The van der Waals surface area contributed by atoms with Crippen LogP contribution in [-0.4, -0.2) is 19.1 Å². The summed E-state index contributed by atoms with van der Waals surface area (Å²) in [6.07, 6.45) is 0. The summed E-state index contributed by atoms with van der Waals surface area (Å²) >= 11 is 3.41. The maximum Gasteiger partial charge on any atom is 0.255 e. The lowest BCUT2D eigenvalue weighted by molar-refractivity contribution is -0.119. The fourth-order valence-electron chi connectivity index (χ4n) is 1.97. The number of ether oxygens (including phenoxy) is 2. The maximum absolute atomic E-state index is 10.8. The quantitative estimate of drug-likeness (QED) is 0.738. The molecule has 3 N–H and O–H groups in total. The van der Waals surface area contributed by atoms with E-state index in [-0.39, 0.29) is 6.61 Å². The summed E-state index contributed by atoms with van der Waals surface area (Å²) in [7, 11) is 0. The minimum Gasteiger partial charge on any atom is -0.490 e. The molecule has 0 saturated heterocycles. The average Bonchev–Trinajstić information content (AvgIpc) is 2.53. The molecule has 6 heteroatoms. The second-order valence-corrected chi connectivity index (χ2v) is 5.75. The zero-order chi connectivity index (χ0) is 16.7. The van der Waals surface area contributed by atoms with Crippen LogP contribution in [0.5, 0.6) is 11.5 Å². The molecular formula is C17H19BrN2O3. The van der Waals surface area contributed by atoms with Crippen LogP contribution < -0.4 is 20.5 Å². The lowest BCUT2D eigenvalue weighted by Crippen LogP contribution is -2.20. The van der Waals surface area contributed by atoms with E-state index >= 15 is 0 Å². The molecule has 122 valence electrons. The zero-order valence-electron chi connectivity index (χ0n) is 12.8. The maximum atomic E-state index is 10.8. The summed E-state index contributed by atoms with van der Waals surface area (Å²) < 4.78 is 12.0. The predicted octanol–water partition coefficient (Wildman–Crippen LogP) is 3.32. The summed E-state index contributed by atoms with van der Waals surface area (Å²) in [4.78, 5) is 10.8. The highest BCUT2D eigenvalue weighted by Crippen LogP contribution is 2.29. The van der Waals surface area contributed by atoms with Gasteiger partial charge < -0.3 is 20.5 Å². The average molecular weight is 379 g/mol. The predicted molar refractivity (Wildman–Crippen MR) is 93.8 cm³/mol. The molecule has 0 aliphatic heterocycles. The second-order valence-electron chi connectivity index (χ2n) is 4.83. The lowest BCUT2D eigenvalue weighted by Gasteiger charge is -2.13. The summed E-state index contributed by atoms with van der Waals surface area (Å²) in [5.74, 6) is 0.593. The van der Waals surface area contributed by atoms with Crippen molar-refractivity contribution in [3.8, 4) is 11.5 Å². The van der Waals surface area contributed by atoms with Gasteiger partial charge in [0.2, 0.25) is 0 Å². The number of rotatable bonds is 8. The SMILES string of the molecule is CCOc1cc(CNc2ccc(Br)cc2)ccc1OCC(N)=O. The van der Waals surface area contributed by atoms with Crippen LogP contribution in [0.15, 0.2) is 46.9 Å². The van der Waals surface area contributed by atoms with Crippen LogP contribution in [-0.2, 0) is 11.3 Å². The molecule has 0 aliphatic carbocycles. The number of halogens is 1. The number of hydrogen-bond acceptors (Lipinski definition) is 4. The summed E-state index contributed by atoms with van der Waals surface area (Å²) in [5, 5.41) is 3.34. The first-order chi connectivity index (χ1) is 11.1. The van der Waals surface area contributed by atoms with Gasteiger partial charge >= 0.3 is 0 Å². The van der Waals surface area contributed by atoms with Crippen molar-refractivity contribution in [2.75, 3.05) is 18.5 Å². The van der Waals surface area contributed by atoms with E-state index in [1.165, 1.54) is 0 Å². The molecular weight excluding hydrogens is 360 g/mol. The Labute approximate surface area is 143 Å². The third-order valence-corrected chi connectivity index (χ3v) is 3.55. The zero-order valence-corrected chi connectivity index (χ0v) is 14.4. The number of nitrogens with one attached hydrogen (secondary N) is 1. The van der Waals surface area contributed by atoms with Crippen molar-refractivity contribution < 1.29 is 14.3 Å². The highest BCUT2D eigenvalue weighted by molar-refractivity contribution is 9.10. The molecule has 0 spiro atoms. The minimum absolute atomic E-state index is 0.170. The molecule has 0 radical (unpaired) electrons. The minimum atomic E-state index is -0.520. The Morgan fingerprint density at radius 3 is 2.52 bits per heavy atom. The summed E-state index contributed by atoms with van der Waals surface area (Å²) in [6, 6.07) is 13.6. The fourth-order valence-corrected chi connectivity index (χ4v) is 2.24. The van der Waals surface area contributed by atoms with Crippen LogP contribution in [0.3, 0.4) is 0 Å². The number of amides is 1. The van der Waals surface area contributed by atoms with E-state index in [1.54, 1.807) is 6.07 Å². The van der Waals surface area contributed by atoms with E-state index in [9.17, 15) is 4.79 Å². The highest BCUT2D eigenvalue weighted by atomic mass is 79.9. The Bertz CT molecular complexity index is 659. The normalized spacial score (nSPS) is 10.2.